The summed E-state index contributed by atoms with van der Waals surface area (Å²) in [6.07, 6.45) is 0.677. The van der Waals surface area contributed by atoms with E-state index in [0.29, 0.717) is 30.4 Å². The van der Waals surface area contributed by atoms with Crippen LogP contribution in [0.4, 0.5) is 4.39 Å². The van der Waals surface area contributed by atoms with E-state index in [2.05, 4.69) is 66.5 Å². The molecule has 0 spiro atoms. The Labute approximate surface area is 220 Å². The molecule has 0 unspecified atom stereocenters. The van der Waals surface area contributed by atoms with E-state index in [1.54, 1.807) is 12.1 Å². The maximum Gasteiger partial charge on any atom is 0.230 e. The van der Waals surface area contributed by atoms with Gasteiger partial charge in [-0.25, -0.2) is 9.37 Å². The molecule has 2 aromatic carbocycles. The quantitative estimate of drug-likeness (QED) is 0.274. The summed E-state index contributed by atoms with van der Waals surface area (Å²) in [6, 6.07) is 14.7. The fourth-order valence-corrected chi connectivity index (χ4v) is 4.28. The Bertz CT molecular complexity index is 1030. The van der Waals surface area contributed by atoms with Crippen molar-refractivity contribution in [2.45, 2.75) is 46.9 Å². The van der Waals surface area contributed by atoms with Gasteiger partial charge in [-0.1, -0.05) is 45.5 Å². The lowest BCUT2D eigenvalue weighted by Crippen LogP contribution is -2.27. The van der Waals surface area contributed by atoms with Crippen molar-refractivity contribution >= 4 is 17.7 Å². The molecule has 1 amide bonds. The van der Waals surface area contributed by atoms with Gasteiger partial charge in [0.25, 0.3) is 0 Å². The van der Waals surface area contributed by atoms with E-state index in [9.17, 15) is 9.18 Å². The first-order valence-electron chi connectivity index (χ1n) is 11.8. The molecule has 3 aromatic rings. The zero-order chi connectivity index (χ0) is 25.6. The number of nitrogens with one attached hydrogen (secondary N) is 1. The summed E-state index contributed by atoms with van der Waals surface area (Å²) in [5, 5.41) is 2.90. The van der Waals surface area contributed by atoms with Gasteiger partial charge in [-0.15, -0.1) is 24.9 Å². The van der Waals surface area contributed by atoms with Crippen molar-refractivity contribution in [1.29, 1.82) is 0 Å². The molecule has 5 nitrogen and oxygen atoms in total. The lowest BCUT2D eigenvalue weighted by molar-refractivity contribution is -0.118. The summed E-state index contributed by atoms with van der Waals surface area (Å²) in [5.74, 6) is 2.08. The first kappa shape index (κ1) is 31.1. The second kappa shape index (κ2) is 16.7. The van der Waals surface area contributed by atoms with E-state index < -0.39 is 0 Å². The van der Waals surface area contributed by atoms with Gasteiger partial charge in [0.2, 0.25) is 11.8 Å². The summed E-state index contributed by atoms with van der Waals surface area (Å²) in [7, 11) is 0. The van der Waals surface area contributed by atoms with E-state index in [1.165, 1.54) is 29.5 Å². The molecule has 1 heterocycles. The highest BCUT2D eigenvalue weighted by Crippen LogP contribution is 2.25. The van der Waals surface area contributed by atoms with Crippen LogP contribution < -0.4 is 5.32 Å². The fraction of sp³-hybridized carbons (Fsp3) is 0.379. The van der Waals surface area contributed by atoms with E-state index in [4.69, 9.17) is 4.42 Å². The third kappa shape index (κ3) is 9.99. The number of hydrogen-bond donors (Lipinski definition) is 1. The average molecular weight is 514 g/mol. The smallest absolute Gasteiger partial charge is 0.230 e. The Balaban J connectivity index is 0.00000211. The molecule has 196 valence electrons. The van der Waals surface area contributed by atoms with Crippen molar-refractivity contribution in [1.82, 2.24) is 15.2 Å². The summed E-state index contributed by atoms with van der Waals surface area (Å²) < 4.78 is 18.8. The molecular weight excluding hydrogens is 473 g/mol. The Kier molecular flexibility index (Phi) is 14.5. The molecule has 0 saturated carbocycles. The normalized spacial score (nSPS) is 10.4. The minimum absolute atomic E-state index is 0. The maximum absolute atomic E-state index is 12.9. The van der Waals surface area contributed by atoms with Crippen molar-refractivity contribution in [2.75, 3.05) is 25.4 Å². The lowest BCUT2D eigenvalue weighted by atomic mass is 10.1. The molecule has 0 radical (unpaired) electrons. The number of nitrogens with zero attached hydrogens (tertiary/aromatic N) is 2. The Morgan fingerprint density at radius 2 is 1.67 bits per heavy atom. The number of benzene rings is 2. The molecule has 1 aromatic heterocycles. The molecule has 0 aliphatic heterocycles. The number of aryl methyl sites for hydroxylation is 1. The zero-order valence-electron chi connectivity index (χ0n) is 21.0. The second-order valence-corrected chi connectivity index (χ2v) is 8.89. The van der Waals surface area contributed by atoms with E-state index in [0.717, 1.165) is 42.2 Å². The number of carbonyl (C=O) groups is 1. The monoisotopic (exact) mass is 513 g/mol. The van der Waals surface area contributed by atoms with Crippen molar-refractivity contribution in [3.63, 3.8) is 0 Å². The van der Waals surface area contributed by atoms with Gasteiger partial charge in [0.15, 0.2) is 0 Å². The highest BCUT2D eigenvalue weighted by atomic mass is 32.2. The SMILES string of the molecule is C.C=C.CCN(CC)Cc1ccc(-c2nc(CSCC(=O)NCCc3ccc(F)cc3)c(C)o2)cc1. The summed E-state index contributed by atoms with van der Waals surface area (Å²) >= 11 is 1.51. The highest BCUT2D eigenvalue weighted by Gasteiger charge is 2.13. The third-order valence-corrected chi connectivity index (χ3v) is 6.46. The minimum Gasteiger partial charge on any atom is -0.441 e. The van der Waals surface area contributed by atoms with Gasteiger partial charge in [0, 0.05) is 24.4 Å². The second-order valence-electron chi connectivity index (χ2n) is 7.90. The van der Waals surface area contributed by atoms with Crippen LogP contribution in [-0.2, 0) is 23.5 Å². The molecular formula is C29H40FN3O2S. The number of rotatable bonds is 12. The number of thioether (sulfide) groups is 1. The first-order chi connectivity index (χ1) is 17.0. The van der Waals surface area contributed by atoms with E-state index in [-0.39, 0.29) is 19.2 Å². The molecule has 0 aliphatic carbocycles. The number of hydrogen-bond acceptors (Lipinski definition) is 5. The van der Waals surface area contributed by atoms with Crippen LogP contribution in [0.25, 0.3) is 11.5 Å². The minimum atomic E-state index is -0.252. The van der Waals surface area contributed by atoms with E-state index in [1.807, 2.05) is 6.92 Å². The van der Waals surface area contributed by atoms with Crippen LogP contribution in [0.5, 0.6) is 0 Å². The van der Waals surface area contributed by atoms with Crippen LogP contribution in [0.2, 0.25) is 0 Å². The molecule has 0 aliphatic rings. The van der Waals surface area contributed by atoms with Gasteiger partial charge in [-0.2, -0.15) is 0 Å². The number of amides is 1. The Morgan fingerprint density at radius 1 is 1.06 bits per heavy atom. The predicted octanol–water partition coefficient (Wildman–Crippen LogP) is 6.66. The number of carbonyl (C=O) groups excluding carboxylic acids is 1. The highest BCUT2D eigenvalue weighted by molar-refractivity contribution is 7.99. The van der Waals surface area contributed by atoms with Gasteiger partial charge in [0.1, 0.15) is 11.6 Å². The Morgan fingerprint density at radius 3 is 2.28 bits per heavy atom. The lowest BCUT2D eigenvalue weighted by Gasteiger charge is -2.17. The molecule has 0 saturated heterocycles. The van der Waals surface area contributed by atoms with E-state index >= 15 is 0 Å². The molecule has 0 bridgehead atoms. The van der Waals surface area contributed by atoms with Crippen molar-refractivity contribution < 1.29 is 13.6 Å². The zero-order valence-corrected chi connectivity index (χ0v) is 21.8. The number of oxazole rings is 1. The third-order valence-electron chi connectivity index (χ3n) is 5.52. The first-order valence-corrected chi connectivity index (χ1v) is 13.0. The maximum atomic E-state index is 12.9. The average Bonchev–Trinajstić information content (AvgIpc) is 3.25. The predicted molar refractivity (Wildman–Crippen MR) is 151 cm³/mol. The topological polar surface area (TPSA) is 58.4 Å². The van der Waals surface area contributed by atoms with Crippen LogP contribution in [-0.4, -0.2) is 41.2 Å². The van der Waals surface area contributed by atoms with Gasteiger partial charge in [0.05, 0.1) is 11.4 Å². The number of halogens is 1. The van der Waals surface area contributed by atoms with Gasteiger partial charge in [-0.3, -0.25) is 9.69 Å². The van der Waals surface area contributed by atoms with Crippen LogP contribution in [0, 0.1) is 12.7 Å². The molecule has 0 fully saturated rings. The van der Waals surface area contributed by atoms with Crippen molar-refractivity contribution in [3.8, 4) is 11.5 Å². The number of aromatic nitrogens is 1. The van der Waals surface area contributed by atoms with Gasteiger partial charge < -0.3 is 9.73 Å². The molecule has 3 rings (SSSR count). The molecule has 1 N–H and O–H groups in total. The molecule has 0 atom stereocenters. The summed E-state index contributed by atoms with van der Waals surface area (Å²) in [5.41, 5.74) is 4.08. The van der Waals surface area contributed by atoms with Crippen LogP contribution >= 0.6 is 11.8 Å². The molecule has 7 heteroatoms. The van der Waals surface area contributed by atoms with Gasteiger partial charge in [-0.05, 0) is 61.8 Å². The van der Waals surface area contributed by atoms with Crippen LogP contribution in [0.1, 0.15) is 43.9 Å². The van der Waals surface area contributed by atoms with Crippen molar-refractivity contribution in [3.05, 3.63) is 90.1 Å². The van der Waals surface area contributed by atoms with Gasteiger partial charge >= 0.3 is 0 Å². The van der Waals surface area contributed by atoms with Crippen LogP contribution in [0.3, 0.4) is 0 Å². The van der Waals surface area contributed by atoms with Crippen LogP contribution in [0.15, 0.2) is 66.1 Å². The Hall–Kier alpha value is -2.90. The fourth-order valence-electron chi connectivity index (χ4n) is 3.43. The summed E-state index contributed by atoms with van der Waals surface area (Å²) in [4.78, 5) is 19.1. The summed E-state index contributed by atoms with van der Waals surface area (Å²) in [6.45, 7) is 15.8. The standard InChI is InChI=1S/C26H32FN3O2S.C2H4.CH4/c1-4-30(5-2)16-21-6-10-22(11-7-21)26-29-24(19(3)32-26)17-33-18-25(31)28-15-14-20-8-12-23(27)13-9-20;1-2;/h6-13H,4-5,14-18H2,1-3H3,(H,28,31);1-2H2;1H4. The molecule has 36 heavy (non-hydrogen) atoms. The van der Waals surface area contributed by atoms with Crippen molar-refractivity contribution in [2.24, 2.45) is 0 Å². The largest absolute Gasteiger partial charge is 0.441 e.